The molecule has 6 nitrogen and oxygen atoms in total. The number of ether oxygens (including phenoxy) is 2. The summed E-state index contributed by atoms with van der Waals surface area (Å²) >= 11 is 1.70. The highest BCUT2D eigenvalue weighted by molar-refractivity contribution is 7.09. The van der Waals surface area contributed by atoms with Crippen LogP contribution in [-0.2, 0) is 28.9 Å². The van der Waals surface area contributed by atoms with Crippen molar-refractivity contribution in [2.75, 3.05) is 7.11 Å². The van der Waals surface area contributed by atoms with Gasteiger partial charge in [0.15, 0.2) is 0 Å². The number of aryl methyl sites for hydroxylation is 1. The number of carbonyl (C=O) groups is 2. The van der Waals surface area contributed by atoms with E-state index in [1.165, 1.54) is 12.0 Å². The number of primary amides is 1. The Labute approximate surface area is 208 Å². The molecule has 35 heavy (non-hydrogen) atoms. The van der Waals surface area contributed by atoms with Gasteiger partial charge < -0.3 is 19.8 Å². The number of benzene rings is 2. The fourth-order valence-corrected chi connectivity index (χ4v) is 5.01. The van der Waals surface area contributed by atoms with Crippen LogP contribution in [0.15, 0.2) is 72.1 Å². The number of amides is 1. The minimum Gasteiger partial charge on any atom is -0.469 e. The Hall–Kier alpha value is -3.84. The van der Waals surface area contributed by atoms with E-state index in [2.05, 4.69) is 16.0 Å². The van der Waals surface area contributed by atoms with Gasteiger partial charge in [0.2, 0.25) is 0 Å². The molecule has 0 saturated heterocycles. The van der Waals surface area contributed by atoms with Crippen molar-refractivity contribution in [1.82, 2.24) is 4.57 Å². The molecule has 2 aromatic carbocycles. The summed E-state index contributed by atoms with van der Waals surface area (Å²) < 4.78 is 13.0. The highest BCUT2D eigenvalue weighted by Gasteiger charge is 2.25. The summed E-state index contributed by atoms with van der Waals surface area (Å²) in [6, 6.07) is 21.2. The van der Waals surface area contributed by atoms with Crippen molar-refractivity contribution in [3.8, 4) is 22.6 Å². The standard InChI is InChI=1S/C28H28N2O4S/c1-19-26(28(29)32)27(20-8-6-11-22(18-20)34-21-9-4-3-5-10-21)24(13-14-25(31)33-2)30(19)16-15-23-12-7-17-35-23/h3-12,17-18H,13-16H2,1-2H3,(H2,29,32). The van der Waals surface area contributed by atoms with Crippen molar-refractivity contribution in [3.05, 3.63) is 93.9 Å². The largest absolute Gasteiger partial charge is 0.469 e. The molecule has 4 rings (SSSR count). The van der Waals surface area contributed by atoms with E-state index < -0.39 is 5.91 Å². The second-order valence-corrected chi connectivity index (χ2v) is 9.18. The molecule has 0 aliphatic carbocycles. The summed E-state index contributed by atoms with van der Waals surface area (Å²) in [6.07, 6.45) is 1.43. The number of rotatable bonds is 10. The van der Waals surface area contributed by atoms with Crippen LogP contribution in [-0.4, -0.2) is 23.6 Å². The predicted molar refractivity (Wildman–Crippen MR) is 138 cm³/mol. The van der Waals surface area contributed by atoms with E-state index in [1.807, 2.05) is 67.6 Å². The van der Waals surface area contributed by atoms with Crippen LogP contribution >= 0.6 is 11.3 Å². The molecule has 0 aliphatic heterocycles. The summed E-state index contributed by atoms with van der Waals surface area (Å²) in [5.41, 5.74) is 9.59. The van der Waals surface area contributed by atoms with Gasteiger partial charge in [-0.15, -0.1) is 11.3 Å². The molecule has 0 unspecified atom stereocenters. The molecule has 7 heteroatoms. The maximum absolute atomic E-state index is 12.7. The molecule has 2 N–H and O–H groups in total. The van der Waals surface area contributed by atoms with Gasteiger partial charge in [-0.3, -0.25) is 9.59 Å². The number of thiophene rings is 1. The second kappa shape index (κ2) is 11.1. The number of nitrogens with zero attached hydrogens (tertiary/aromatic N) is 1. The molecule has 0 fully saturated rings. The maximum Gasteiger partial charge on any atom is 0.305 e. The van der Waals surface area contributed by atoms with Gasteiger partial charge in [-0.25, -0.2) is 0 Å². The highest BCUT2D eigenvalue weighted by atomic mass is 32.1. The molecule has 0 saturated carbocycles. The molecule has 0 atom stereocenters. The first kappa shape index (κ1) is 24.3. The Kier molecular flexibility index (Phi) is 7.67. The average molecular weight is 489 g/mol. The van der Waals surface area contributed by atoms with Crippen LogP contribution in [0.5, 0.6) is 11.5 Å². The zero-order chi connectivity index (χ0) is 24.8. The minimum atomic E-state index is -0.499. The van der Waals surface area contributed by atoms with E-state index in [-0.39, 0.29) is 12.4 Å². The first-order valence-electron chi connectivity index (χ1n) is 11.4. The first-order valence-corrected chi connectivity index (χ1v) is 12.3. The Morgan fingerprint density at radius 1 is 0.971 bits per heavy atom. The van der Waals surface area contributed by atoms with Crippen molar-refractivity contribution < 1.29 is 19.1 Å². The van der Waals surface area contributed by atoms with E-state index in [4.69, 9.17) is 15.2 Å². The van der Waals surface area contributed by atoms with Crippen molar-refractivity contribution in [3.63, 3.8) is 0 Å². The second-order valence-electron chi connectivity index (χ2n) is 8.15. The molecule has 2 aromatic heterocycles. The normalized spacial score (nSPS) is 10.8. The quantitative estimate of drug-likeness (QED) is 0.288. The third-order valence-corrected chi connectivity index (χ3v) is 6.87. The van der Waals surface area contributed by atoms with E-state index >= 15 is 0 Å². The summed E-state index contributed by atoms with van der Waals surface area (Å²) in [6.45, 7) is 2.58. The van der Waals surface area contributed by atoms with Crippen molar-refractivity contribution in [1.29, 1.82) is 0 Å². The Morgan fingerprint density at radius 3 is 2.43 bits per heavy atom. The number of carbonyl (C=O) groups excluding carboxylic acids is 2. The lowest BCUT2D eigenvalue weighted by atomic mass is 9.97. The van der Waals surface area contributed by atoms with Crippen LogP contribution in [0.2, 0.25) is 0 Å². The van der Waals surface area contributed by atoms with Gasteiger partial charge in [0.1, 0.15) is 11.5 Å². The van der Waals surface area contributed by atoms with E-state index in [0.29, 0.717) is 24.3 Å². The molecule has 0 spiro atoms. The van der Waals surface area contributed by atoms with E-state index in [9.17, 15) is 9.59 Å². The summed E-state index contributed by atoms with van der Waals surface area (Å²) in [7, 11) is 1.38. The number of hydrogen-bond donors (Lipinski definition) is 1. The molecule has 0 bridgehead atoms. The van der Waals surface area contributed by atoms with Crippen molar-refractivity contribution in [2.45, 2.75) is 32.7 Å². The monoisotopic (exact) mass is 488 g/mol. The number of aromatic nitrogens is 1. The van der Waals surface area contributed by atoms with Gasteiger partial charge in [0.05, 0.1) is 19.1 Å². The maximum atomic E-state index is 12.7. The number of esters is 1. The molecule has 180 valence electrons. The Balaban J connectivity index is 1.79. The molecular weight excluding hydrogens is 460 g/mol. The lowest BCUT2D eigenvalue weighted by Gasteiger charge is -2.13. The lowest BCUT2D eigenvalue weighted by molar-refractivity contribution is -0.140. The van der Waals surface area contributed by atoms with Crippen LogP contribution in [0.1, 0.15) is 33.0 Å². The zero-order valence-corrected chi connectivity index (χ0v) is 20.6. The topological polar surface area (TPSA) is 83.6 Å². The third kappa shape index (κ3) is 5.63. The fourth-order valence-electron chi connectivity index (χ4n) is 4.31. The predicted octanol–water partition coefficient (Wildman–Crippen LogP) is 5.76. The average Bonchev–Trinajstić information content (AvgIpc) is 3.47. The number of para-hydroxylation sites is 1. The number of hydrogen-bond acceptors (Lipinski definition) is 5. The summed E-state index contributed by atoms with van der Waals surface area (Å²) in [5.74, 6) is 0.560. The van der Waals surface area contributed by atoms with Crippen LogP contribution in [0.3, 0.4) is 0 Å². The number of methoxy groups -OCH3 is 1. The molecular formula is C28H28N2O4S. The minimum absolute atomic E-state index is 0.199. The van der Waals surface area contributed by atoms with Crippen LogP contribution in [0.25, 0.3) is 11.1 Å². The highest BCUT2D eigenvalue weighted by Crippen LogP contribution is 2.36. The van der Waals surface area contributed by atoms with Gasteiger partial charge in [-0.05, 0) is 61.0 Å². The Morgan fingerprint density at radius 2 is 1.74 bits per heavy atom. The molecule has 1 amide bonds. The van der Waals surface area contributed by atoms with Crippen molar-refractivity contribution >= 4 is 23.2 Å². The van der Waals surface area contributed by atoms with Gasteiger partial charge in [-0.2, -0.15) is 0 Å². The SMILES string of the molecule is COC(=O)CCc1c(-c2cccc(Oc3ccccc3)c2)c(C(N)=O)c(C)n1CCc1cccs1. The van der Waals surface area contributed by atoms with Gasteiger partial charge in [0.25, 0.3) is 5.91 Å². The smallest absolute Gasteiger partial charge is 0.305 e. The van der Waals surface area contributed by atoms with Gasteiger partial charge >= 0.3 is 5.97 Å². The van der Waals surface area contributed by atoms with E-state index in [1.54, 1.807) is 11.3 Å². The summed E-state index contributed by atoms with van der Waals surface area (Å²) in [4.78, 5) is 26.0. The van der Waals surface area contributed by atoms with E-state index in [0.717, 1.165) is 34.7 Å². The first-order chi connectivity index (χ1) is 17.0. The van der Waals surface area contributed by atoms with Crippen LogP contribution in [0, 0.1) is 6.92 Å². The third-order valence-electron chi connectivity index (χ3n) is 5.93. The Bertz CT molecular complexity index is 1310. The molecule has 2 heterocycles. The van der Waals surface area contributed by atoms with Gasteiger partial charge in [-0.1, -0.05) is 36.4 Å². The van der Waals surface area contributed by atoms with Crippen LogP contribution in [0.4, 0.5) is 0 Å². The molecule has 0 radical (unpaired) electrons. The number of nitrogens with two attached hydrogens (primary N) is 1. The molecule has 0 aliphatic rings. The fraction of sp³-hybridized carbons (Fsp3) is 0.214. The lowest BCUT2D eigenvalue weighted by Crippen LogP contribution is -2.13. The zero-order valence-electron chi connectivity index (χ0n) is 19.8. The summed E-state index contributed by atoms with van der Waals surface area (Å²) in [5, 5.41) is 2.05. The van der Waals surface area contributed by atoms with Crippen LogP contribution < -0.4 is 10.5 Å². The van der Waals surface area contributed by atoms with Crippen molar-refractivity contribution in [2.24, 2.45) is 5.73 Å². The van der Waals surface area contributed by atoms with Gasteiger partial charge in [0, 0.05) is 28.4 Å². The molecule has 4 aromatic rings.